The van der Waals surface area contributed by atoms with Crippen molar-refractivity contribution in [3.63, 3.8) is 0 Å². The van der Waals surface area contributed by atoms with Crippen molar-refractivity contribution in [2.24, 2.45) is 0 Å². The van der Waals surface area contributed by atoms with Crippen LogP contribution in [0.25, 0.3) is 0 Å². The number of carboxylic acids is 1. The van der Waals surface area contributed by atoms with E-state index in [4.69, 9.17) is 5.11 Å². The van der Waals surface area contributed by atoms with E-state index >= 15 is 0 Å². The Kier molecular flexibility index (Phi) is 7.36. The van der Waals surface area contributed by atoms with E-state index in [0.29, 0.717) is 24.9 Å². The predicted molar refractivity (Wildman–Crippen MR) is 73.8 cm³/mol. The van der Waals surface area contributed by atoms with Gasteiger partial charge in [0.15, 0.2) is 11.6 Å². The molecule has 0 unspecified atom stereocenters. The van der Waals surface area contributed by atoms with Gasteiger partial charge in [0.05, 0.1) is 0 Å². The second kappa shape index (κ2) is 9.05. The van der Waals surface area contributed by atoms with Crippen LogP contribution < -0.4 is 5.32 Å². The molecule has 0 heterocycles. The molecule has 0 aliphatic rings. The zero-order valence-corrected chi connectivity index (χ0v) is 11.7. The Hall–Kier alpha value is -1.98. The van der Waals surface area contributed by atoms with Crippen LogP contribution in [0.1, 0.15) is 37.7 Å². The fraction of sp³-hybridized carbons (Fsp3) is 0.467. The Bertz CT molecular complexity index is 492. The minimum Gasteiger partial charge on any atom is -0.481 e. The lowest BCUT2D eigenvalue weighted by Gasteiger charge is -2.05. The van der Waals surface area contributed by atoms with Gasteiger partial charge in [-0.1, -0.05) is 12.5 Å². The van der Waals surface area contributed by atoms with Gasteiger partial charge in [0.25, 0.3) is 0 Å². The molecule has 0 radical (unpaired) electrons. The van der Waals surface area contributed by atoms with Crippen molar-refractivity contribution in [2.45, 2.75) is 38.5 Å². The number of amides is 1. The third-order valence-corrected chi connectivity index (χ3v) is 3.01. The highest BCUT2D eigenvalue weighted by Gasteiger charge is 2.05. The summed E-state index contributed by atoms with van der Waals surface area (Å²) in [7, 11) is 0. The van der Waals surface area contributed by atoms with E-state index in [-0.39, 0.29) is 18.7 Å². The van der Waals surface area contributed by atoms with Crippen molar-refractivity contribution in [1.29, 1.82) is 0 Å². The summed E-state index contributed by atoms with van der Waals surface area (Å²) in [6.45, 7) is 0.496. The smallest absolute Gasteiger partial charge is 0.303 e. The maximum atomic E-state index is 13.0. The molecule has 6 heteroatoms. The molecule has 4 nitrogen and oxygen atoms in total. The average molecular weight is 299 g/mol. The second-order valence-electron chi connectivity index (χ2n) is 4.80. The lowest BCUT2D eigenvalue weighted by molar-refractivity contribution is -0.137. The Morgan fingerprint density at radius 2 is 1.81 bits per heavy atom. The molecule has 0 aromatic heterocycles. The van der Waals surface area contributed by atoms with E-state index < -0.39 is 17.6 Å². The zero-order chi connectivity index (χ0) is 15.7. The van der Waals surface area contributed by atoms with Crippen molar-refractivity contribution >= 4 is 11.9 Å². The van der Waals surface area contributed by atoms with Crippen LogP contribution in [0, 0.1) is 11.6 Å². The third kappa shape index (κ3) is 7.39. The van der Waals surface area contributed by atoms with Crippen molar-refractivity contribution in [2.75, 3.05) is 6.54 Å². The first-order chi connectivity index (χ1) is 9.99. The number of nitrogens with one attached hydrogen (secondary N) is 1. The number of aryl methyl sites for hydroxylation is 1. The van der Waals surface area contributed by atoms with Crippen LogP contribution in [-0.4, -0.2) is 23.5 Å². The highest BCUT2D eigenvalue weighted by Crippen LogP contribution is 2.10. The summed E-state index contributed by atoms with van der Waals surface area (Å²) in [5, 5.41) is 11.2. The summed E-state index contributed by atoms with van der Waals surface area (Å²) in [4.78, 5) is 21.8. The van der Waals surface area contributed by atoms with Crippen LogP contribution in [0.4, 0.5) is 8.78 Å². The zero-order valence-electron chi connectivity index (χ0n) is 11.7. The summed E-state index contributed by atoms with van der Waals surface area (Å²) in [5.41, 5.74) is 0.575. The normalized spacial score (nSPS) is 10.4. The van der Waals surface area contributed by atoms with Gasteiger partial charge < -0.3 is 10.4 Å². The molecule has 0 aliphatic heterocycles. The molecule has 0 saturated carbocycles. The van der Waals surface area contributed by atoms with Crippen LogP contribution in [0.15, 0.2) is 18.2 Å². The van der Waals surface area contributed by atoms with Crippen molar-refractivity contribution < 1.29 is 23.5 Å². The molecule has 0 fully saturated rings. The third-order valence-electron chi connectivity index (χ3n) is 3.01. The molecular formula is C15H19F2NO3. The first kappa shape index (κ1) is 17.1. The molecule has 0 bridgehead atoms. The fourth-order valence-corrected chi connectivity index (χ4v) is 1.85. The van der Waals surface area contributed by atoms with E-state index in [1.54, 1.807) is 0 Å². The van der Waals surface area contributed by atoms with Gasteiger partial charge in [-0.2, -0.15) is 0 Å². The number of hydrogen-bond donors (Lipinski definition) is 2. The first-order valence-electron chi connectivity index (χ1n) is 6.91. The van der Waals surface area contributed by atoms with Gasteiger partial charge in [0.2, 0.25) is 5.91 Å². The number of carboxylic acid groups (broad SMARTS) is 1. The minimum atomic E-state index is -0.911. The Balaban J connectivity index is 2.13. The topological polar surface area (TPSA) is 66.4 Å². The number of hydrogen-bond acceptors (Lipinski definition) is 2. The summed E-state index contributed by atoms with van der Waals surface area (Å²) in [6.07, 6.45) is 2.77. The number of benzene rings is 1. The number of halogens is 2. The molecule has 0 atom stereocenters. The molecule has 1 rings (SSSR count). The summed E-state index contributed by atoms with van der Waals surface area (Å²) in [6, 6.07) is 3.59. The summed E-state index contributed by atoms with van der Waals surface area (Å²) < 4.78 is 25.7. The Morgan fingerprint density at radius 3 is 2.48 bits per heavy atom. The fourth-order valence-electron chi connectivity index (χ4n) is 1.85. The van der Waals surface area contributed by atoms with Crippen LogP contribution in [0.3, 0.4) is 0 Å². The molecule has 0 saturated heterocycles. The molecule has 1 aromatic rings. The van der Waals surface area contributed by atoms with Gasteiger partial charge in [-0.05, 0) is 37.0 Å². The maximum Gasteiger partial charge on any atom is 0.303 e. The molecule has 21 heavy (non-hydrogen) atoms. The quantitative estimate of drug-likeness (QED) is 0.689. The van der Waals surface area contributed by atoms with Crippen LogP contribution in [-0.2, 0) is 16.0 Å². The van der Waals surface area contributed by atoms with E-state index in [0.717, 1.165) is 25.0 Å². The van der Waals surface area contributed by atoms with Gasteiger partial charge in [-0.25, -0.2) is 8.78 Å². The SMILES string of the molecule is O=C(O)CCCCCNC(=O)CCc1ccc(F)c(F)c1. The molecule has 116 valence electrons. The molecular weight excluding hydrogens is 280 g/mol. The van der Waals surface area contributed by atoms with Crippen LogP contribution in [0.2, 0.25) is 0 Å². The summed E-state index contributed by atoms with van der Waals surface area (Å²) >= 11 is 0. The number of carbonyl (C=O) groups excluding carboxylic acids is 1. The highest BCUT2D eigenvalue weighted by atomic mass is 19.2. The van der Waals surface area contributed by atoms with Crippen LogP contribution >= 0.6 is 0 Å². The molecule has 1 amide bonds. The lowest BCUT2D eigenvalue weighted by atomic mass is 10.1. The largest absolute Gasteiger partial charge is 0.481 e. The standard InChI is InChI=1S/C15H19F2NO3/c16-12-7-5-11(10-13(12)17)6-8-14(19)18-9-3-1-2-4-15(20)21/h5,7,10H,1-4,6,8-9H2,(H,18,19)(H,20,21). The monoisotopic (exact) mass is 299 g/mol. The number of carbonyl (C=O) groups is 2. The molecule has 2 N–H and O–H groups in total. The highest BCUT2D eigenvalue weighted by molar-refractivity contribution is 5.76. The Labute approximate surface area is 122 Å². The van der Waals surface area contributed by atoms with Crippen LogP contribution in [0.5, 0.6) is 0 Å². The van der Waals surface area contributed by atoms with Gasteiger partial charge in [-0.3, -0.25) is 9.59 Å². The van der Waals surface area contributed by atoms with Gasteiger partial charge in [0.1, 0.15) is 0 Å². The van der Waals surface area contributed by atoms with Crippen molar-refractivity contribution in [3.05, 3.63) is 35.4 Å². The molecule has 1 aromatic carbocycles. The molecule has 0 aliphatic carbocycles. The lowest BCUT2D eigenvalue weighted by Crippen LogP contribution is -2.24. The van der Waals surface area contributed by atoms with E-state index in [2.05, 4.69) is 5.32 Å². The van der Waals surface area contributed by atoms with E-state index in [1.807, 2.05) is 0 Å². The molecule has 0 spiro atoms. The minimum absolute atomic E-state index is 0.143. The van der Waals surface area contributed by atoms with Crippen molar-refractivity contribution in [1.82, 2.24) is 5.32 Å². The summed E-state index contributed by atoms with van der Waals surface area (Å²) in [5.74, 6) is -2.78. The number of aliphatic carboxylic acids is 1. The number of unbranched alkanes of at least 4 members (excludes halogenated alkanes) is 2. The van der Waals surface area contributed by atoms with Crippen molar-refractivity contribution in [3.8, 4) is 0 Å². The van der Waals surface area contributed by atoms with Gasteiger partial charge in [0, 0.05) is 19.4 Å². The first-order valence-corrected chi connectivity index (χ1v) is 6.91. The van der Waals surface area contributed by atoms with Gasteiger partial charge in [-0.15, -0.1) is 0 Å². The predicted octanol–water partition coefficient (Wildman–Crippen LogP) is 2.66. The maximum absolute atomic E-state index is 13.0. The van der Waals surface area contributed by atoms with E-state index in [1.165, 1.54) is 6.07 Å². The number of rotatable bonds is 9. The average Bonchev–Trinajstić information content (AvgIpc) is 2.43. The van der Waals surface area contributed by atoms with Gasteiger partial charge >= 0.3 is 5.97 Å². The van der Waals surface area contributed by atoms with E-state index in [9.17, 15) is 18.4 Å². The Morgan fingerprint density at radius 1 is 1.05 bits per heavy atom. The second-order valence-corrected chi connectivity index (χ2v) is 4.80.